The van der Waals surface area contributed by atoms with Crippen molar-refractivity contribution in [3.63, 3.8) is 0 Å². The minimum absolute atomic E-state index is 0.0113. The van der Waals surface area contributed by atoms with Crippen LogP contribution in [0, 0.1) is 0 Å². The largest absolute Gasteiger partial charge is 0.339 e. The summed E-state index contributed by atoms with van der Waals surface area (Å²) in [5.41, 5.74) is 13.5. The maximum atomic E-state index is 12.5. The molecule has 0 bridgehead atoms. The smallest absolute Gasteiger partial charge is 0.181 e. The van der Waals surface area contributed by atoms with Gasteiger partial charge < -0.3 is 5.84 Å². The Morgan fingerprint density at radius 2 is 1.88 bits per heavy atom. The van der Waals surface area contributed by atoms with Gasteiger partial charge in [0.25, 0.3) is 0 Å². The molecule has 1 heterocycles. The Morgan fingerprint density at radius 3 is 2.58 bits per heavy atom. The number of carbonyl (C=O) groups excluding carboxylic acids is 1. The number of nitrogens with zero attached hydrogens (tertiary/aromatic N) is 4. The van der Waals surface area contributed by atoms with E-state index in [4.69, 9.17) is 11.4 Å². The van der Waals surface area contributed by atoms with Crippen LogP contribution in [0.15, 0.2) is 65.9 Å². The molecule has 0 radical (unpaired) electrons. The first-order valence-electron chi connectivity index (χ1n) is 8.35. The van der Waals surface area contributed by atoms with Crippen LogP contribution in [0.1, 0.15) is 29.4 Å². The van der Waals surface area contributed by atoms with E-state index >= 15 is 0 Å². The first-order chi connectivity index (χ1) is 12.7. The highest BCUT2D eigenvalue weighted by molar-refractivity contribution is 6.05. The molecular weight excluding hydrogens is 326 g/mol. The summed E-state index contributed by atoms with van der Waals surface area (Å²) in [5.74, 6) is 6.13. The summed E-state index contributed by atoms with van der Waals surface area (Å²) in [5, 5.41) is 3.62. The van der Waals surface area contributed by atoms with Gasteiger partial charge in [-0.3, -0.25) is 9.47 Å². The summed E-state index contributed by atoms with van der Waals surface area (Å²) in [6.07, 6.45) is 2.15. The standard InChI is InChI=1S/C20H19N5O/c1-2-18(26)20-19(15-8-4-3-5-9-15)17(13-25(20)22)16-10-6-7-14(11-16)12-23-24-21/h3-11,13H,2,12,22H2,1H3. The lowest BCUT2D eigenvalue weighted by molar-refractivity contribution is 0.0982. The van der Waals surface area contributed by atoms with Gasteiger partial charge in [0.05, 0.1) is 6.54 Å². The number of azide groups is 1. The molecule has 0 spiro atoms. The number of hydrogen-bond donors (Lipinski definition) is 1. The van der Waals surface area contributed by atoms with Crippen molar-refractivity contribution in [1.29, 1.82) is 0 Å². The van der Waals surface area contributed by atoms with Crippen LogP contribution in [0.4, 0.5) is 0 Å². The van der Waals surface area contributed by atoms with Crippen molar-refractivity contribution in [3.8, 4) is 22.3 Å². The van der Waals surface area contributed by atoms with Crippen molar-refractivity contribution in [3.05, 3.63) is 82.5 Å². The van der Waals surface area contributed by atoms with E-state index in [9.17, 15) is 4.79 Å². The summed E-state index contributed by atoms with van der Waals surface area (Å²) in [4.78, 5) is 15.3. The fraction of sp³-hybridized carbons (Fsp3) is 0.150. The van der Waals surface area contributed by atoms with E-state index in [1.807, 2.05) is 61.5 Å². The monoisotopic (exact) mass is 345 g/mol. The van der Waals surface area contributed by atoms with Gasteiger partial charge in [-0.2, -0.15) is 0 Å². The molecule has 130 valence electrons. The topological polar surface area (TPSA) is 96.8 Å². The molecule has 3 rings (SSSR count). The summed E-state index contributed by atoms with van der Waals surface area (Å²) < 4.78 is 1.41. The Morgan fingerprint density at radius 1 is 1.15 bits per heavy atom. The van der Waals surface area contributed by atoms with E-state index in [0.717, 1.165) is 27.8 Å². The third kappa shape index (κ3) is 3.31. The number of nitrogens with two attached hydrogens (primary N) is 1. The molecule has 0 aliphatic rings. The maximum absolute atomic E-state index is 12.5. The van der Waals surface area contributed by atoms with Gasteiger partial charge in [-0.15, -0.1) is 0 Å². The van der Waals surface area contributed by atoms with Gasteiger partial charge in [0.1, 0.15) is 5.69 Å². The number of nitrogen functional groups attached to an aromatic ring is 1. The van der Waals surface area contributed by atoms with Crippen molar-refractivity contribution >= 4 is 5.78 Å². The van der Waals surface area contributed by atoms with E-state index < -0.39 is 0 Å². The predicted octanol–water partition coefficient (Wildman–Crippen LogP) is 4.94. The lowest BCUT2D eigenvalue weighted by Gasteiger charge is -2.09. The van der Waals surface area contributed by atoms with Gasteiger partial charge in [0, 0.05) is 28.7 Å². The van der Waals surface area contributed by atoms with Crippen molar-refractivity contribution in [1.82, 2.24) is 4.68 Å². The van der Waals surface area contributed by atoms with Crippen LogP contribution < -0.4 is 5.84 Å². The Balaban J connectivity index is 2.22. The van der Waals surface area contributed by atoms with Crippen molar-refractivity contribution in [2.24, 2.45) is 5.11 Å². The minimum atomic E-state index is -0.0113. The van der Waals surface area contributed by atoms with Crippen LogP contribution in [-0.4, -0.2) is 10.5 Å². The van der Waals surface area contributed by atoms with Crippen LogP contribution in [0.25, 0.3) is 32.7 Å². The van der Waals surface area contributed by atoms with Crippen LogP contribution in [-0.2, 0) is 6.54 Å². The van der Waals surface area contributed by atoms with Crippen LogP contribution >= 0.6 is 0 Å². The predicted molar refractivity (Wildman–Crippen MR) is 103 cm³/mol. The molecule has 0 fully saturated rings. The first-order valence-corrected chi connectivity index (χ1v) is 8.35. The van der Waals surface area contributed by atoms with Crippen molar-refractivity contribution < 1.29 is 4.79 Å². The zero-order valence-electron chi connectivity index (χ0n) is 14.5. The highest BCUT2D eigenvalue weighted by Gasteiger charge is 2.22. The van der Waals surface area contributed by atoms with Gasteiger partial charge in [0.2, 0.25) is 0 Å². The molecule has 2 N–H and O–H groups in total. The Bertz CT molecular complexity index is 985. The fourth-order valence-electron chi connectivity index (χ4n) is 3.04. The summed E-state index contributed by atoms with van der Waals surface area (Å²) in [7, 11) is 0. The van der Waals surface area contributed by atoms with Gasteiger partial charge in [0.15, 0.2) is 5.78 Å². The molecule has 26 heavy (non-hydrogen) atoms. The average Bonchev–Trinajstić information content (AvgIpc) is 3.04. The van der Waals surface area contributed by atoms with E-state index in [1.165, 1.54) is 4.68 Å². The lowest BCUT2D eigenvalue weighted by atomic mass is 9.94. The second-order valence-corrected chi connectivity index (χ2v) is 5.91. The Labute approximate surface area is 151 Å². The normalized spacial score (nSPS) is 10.3. The highest BCUT2D eigenvalue weighted by atomic mass is 16.1. The van der Waals surface area contributed by atoms with E-state index in [2.05, 4.69) is 10.0 Å². The minimum Gasteiger partial charge on any atom is -0.339 e. The number of Topliss-reactive ketones (excluding diaryl/α,β-unsaturated/α-hetero) is 1. The number of aromatic nitrogens is 1. The van der Waals surface area contributed by atoms with Gasteiger partial charge in [-0.25, -0.2) is 0 Å². The number of carbonyl (C=O) groups is 1. The number of hydrogen-bond acceptors (Lipinski definition) is 3. The van der Waals surface area contributed by atoms with E-state index in [0.29, 0.717) is 12.1 Å². The molecule has 3 aromatic rings. The van der Waals surface area contributed by atoms with Crippen molar-refractivity contribution in [2.75, 3.05) is 5.84 Å². The third-order valence-corrected chi connectivity index (χ3v) is 4.23. The summed E-state index contributed by atoms with van der Waals surface area (Å²) in [6, 6.07) is 17.5. The molecule has 0 aliphatic carbocycles. The molecule has 0 saturated carbocycles. The second kappa shape index (κ2) is 7.59. The molecule has 6 nitrogen and oxygen atoms in total. The van der Waals surface area contributed by atoms with Crippen LogP contribution in [0.2, 0.25) is 0 Å². The Hall–Kier alpha value is -3.50. The second-order valence-electron chi connectivity index (χ2n) is 5.91. The maximum Gasteiger partial charge on any atom is 0.181 e. The fourth-order valence-corrected chi connectivity index (χ4v) is 3.04. The van der Waals surface area contributed by atoms with Gasteiger partial charge in [-0.1, -0.05) is 66.6 Å². The zero-order chi connectivity index (χ0) is 18.5. The molecule has 0 saturated heterocycles. The zero-order valence-corrected chi connectivity index (χ0v) is 14.5. The SMILES string of the molecule is CCC(=O)c1c(-c2ccccc2)c(-c2cccc(CN=[N+]=[N-])c2)cn1N. The third-order valence-electron chi connectivity index (χ3n) is 4.23. The first kappa shape index (κ1) is 17.3. The summed E-state index contributed by atoms with van der Waals surface area (Å²) >= 11 is 0. The molecule has 6 heteroatoms. The molecule has 0 amide bonds. The Kier molecular flexibility index (Phi) is 5.06. The molecule has 0 aliphatic heterocycles. The molecule has 0 atom stereocenters. The molecule has 1 aromatic heterocycles. The molecular formula is C20H19N5O. The average molecular weight is 345 g/mol. The number of ketones is 1. The molecule has 0 unspecified atom stereocenters. The van der Waals surface area contributed by atoms with Gasteiger partial charge in [-0.05, 0) is 22.2 Å². The highest BCUT2D eigenvalue weighted by Crippen LogP contribution is 2.36. The van der Waals surface area contributed by atoms with E-state index in [1.54, 1.807) is 6.20 Å². The van der Waals surface area contributed by atoms with Crippen molar-refractivity contribution in [2.45, 2.75) is 19.9 Å². The van der Waals surface area contributed by atoms with E-state index in [-0.39, 0.29) is 12.3 Å². The van der Waals surface area contributed by atoms with Gasteiger partial charge >= 0.3 is 0 Å². The number of rotatable bonds is 6. The lowest BCUT2D eigenvalue weighted by Crippen LogP contribution is -2.15. The number of benzene rings is 2. The quantitative estimate of drug-likeness (QED) is 0.225. The van der Waals surface area contributed by atoms with Crippen LogP contribution in [0.5, 0.6) is 0 Å². The summed E-state index contributed by atoms with van der Waals surface area (Å²) in [6.45, 7) is 2.10. The molecule has 2 aromatic carbocycles. The van der Waals surface area contributed by atoms with Crippen LogP contribution in [0.3, 0.4) is 0 Å².